The Kier molecular flexibility index (Phi) is 2.60. The molecule has 0 aliphatic carbocycles. The zero-order valence-corrected chi connectivity index (χ0v) is 9.61. The summed E-state index contributed by atoms with van der Waals surface area (Å²) < 4.78 is 1.69. The van der Waals surface area contributed by atoms with Crippen LogP contribution in [0.2, 0.25) is 0 Å². The van der Waals surface area contributed by atoms with Gasteiger partial charge in [0.1, 0.15) is 5.82 Å². The molecule has 0 saturated carbocycles. The predicted octanol–water partition coefficient (Wildman–Crippen LogP) is 1.69. The molecule has 5 heteroatoms. The van der Waals surface area contributed by atoms with Gasteiger partial charge in [0.05, 0.1) is 11.9 Å². The van der Waals surface area contributed by atoms with Crippen LogP contribution in [0.3, 0.4) is 0 Å². The third kappa shape index (κ3) is 1.88. The molecule has 1 N–H and O–H groups in total. The molecule has 2 rings (SSSR count). The maximum Gasteiger partial charge on any atom is 0.224 e. The molecule has 0 bridgehead atoms. The smallest absolute Gasteiger partial charge is 0.224 e. The third-order valence-corrected chi connectivity index (χ3v) is 2.33. The lowest BCUT2D eigenvalue weighted by Crippen LogP contribution is -2.10. The Morgan fingerprint density at radius 3 is 2.94 bits per heavy atom. The normalized spacial score (nSPS) is 10.7. The molecular weight excluding hydrogens is 204 g/mol. The van der Waals surface area contributed by atoms with Gasteiger partial charge in [-0.05, 0) is 25.5 Å². The van der Waals surface area contributed by atoms with Gasteiger partial charge in [-0.15, -0.1) is 0 Å². The number of fused-ring (bicyclic) bond motifs is 1. The molecule has 0 unspecified atom stereocenters. The van der Waals surface area contributed by atoms with E-state index in [0.717, 1.165) is 22.7 Å². The zero-order chi connectivity index (χ0) is 11.7. The van der Waals surface area contributed by atoms with Gasteiger partial charge < -0.3 is 5.32 Å². The first-order valence-electron chi connectivity index (χ1n) is 5.23. The SMILES string of the molecule is CCC(=O)Nc1cc(C)c2nc(C)nn2c1. The van der Waals surface area contributed by atoms with E-state index in [0.29, 0.717) is 6.42 Å². The Morgan fingerprint density at radius 2 is 2.25 bits per heavy atom. The maximum absolute atomic E-state index is 11.3. The fraction of sp³-hybridized carbons (Fsp3) is 0.364. The number of pyridine rings is 1. The van der Waals surface area contributed by atoms with E-state index in [4.69, 9.17) is 0 Å². The van der Waals surface area contributed by atoms with Crippen LogP contribution in [0.15, 0.2) is 12.3 Å². The highest BCUT2D eigenvalue weighted by molar-refractivity contribution is 5.90. The van der Waals surface area contributed by atoms with E-state index in [-0.39, 0.29) is 5.91 Å². The summed E-state index contributed by atoms with van der Waals surface area (Å²) in [6, 6.07) is 1.90. The second kappa shape index (κ2) is 3.92. The monoisotopic (exact) mass is 218 g/mol. The number of nitrogens with one attached hydrogen (secondary N) is 1. The van der Waals surface area contributed by atoms with Crippen molar-refractivity contribution < 1.29 is 4.79 Å². The molecule has 0 aliphatic rings. The summed E-state index contributed by atoms with van der Waals surface area (Å²) in [6.07, 6.45) is 2.24. The van der Waals surface area contributed by atoms with Gasteiger partial charge >= 0.3 is 0 Å². The van der Waals surface area contributed by atoms with Gasteiger partial charge in [-0.1, -0.05) is 6.92 Å². The molecule has 0 spiro atoms. The van der Waals surface area contributed by atoms with Crippen molar-refractivity contribution in [3.05, 3.63) is 23.7 Å². The predicted molar refractivity (Wildman–Crippen MR) is 61.4 cm³/mol. The topological polar surface area (TPSA) is 59.3 Å². The van der Waals surface area contributed by atoms with Crippen molar-refractivity contribution in [2.75, 3.05) is 5.32 Å². The van der Waals surface area contributed by atoms with Crippen molar-refractivity contribution in [1.29, 1.82) is 0 Å². The largest absolute Gasteiger partial charge is 0.325 e. The lowest BCUT2D eigenvalue weighted by Gasteiger charge is -2.05. The number of amides is 1. The average Bonchev–Trinajstić information content (AvgIpc) is 2.59. The second-order valence-electron chi connectivity index (χ2n) is 3.74. The van der Waals surface area contributed by atoms with Crippen LogP contribution in [0.4, 0.5) is 5.69 Å². The number of aromatic nitrogens is 3. The van der Waals surface area contributed by atoms with Crippen molar-refractivity contribution in [3.8, 4) is 0 Å². The molecule has 16 heavy (non-hydrogen) atoms. The Balaban J connectivity index is 2.45. The Bertz CT molecular complexity index is 544. The van der Waals surface area contributed by atoms with Gasteiger partial charge in [0.25, 0.3) is 0 Å². The number of carbonyl (C=O) groups is 1. The van der Waals surface area contributed by atoms with Crippen molar-refractivity contribution >= 4 is 17.2 Å². The molecular formula is C11H14N4O. The molecule has 2 aromatic rings. The van der Waals surface area contributed by atoms with Crippen LogP contribution in [0.1, 0.15) is 24.7 Å². The molecule has 2 heterocycles. The number of rotatable bonds is 2. The van der Waals surface area contributed by atoms with Crippen LogP contribution < -0.4 is 5.32 Å². The first-order chi connectivity index (χ1) is 7.60. The van der Waals surface area contributed by atoms with E-state index in [1.807, 2.05) is 26.8 Å². The van der Waals surface area contributed by atoms with E-state index < -0.39 is 0 Å². The second-order valence-corrected chi connectivity index (χ2v) is 3.74. The molecule has 0 aromatic carbocycles. The highest BCUT2D eigenvalue weighted by Gasteiger charge is 2.06. The third-order valence-electron chi connectivity index (χ3n) is 2.33. The Hall–Kier alpha value is -1.91. The standard InChI is InChI=1S/C11H14N4O/c1-4-10(16)13-9-5-7(2)11-12-8(3)14-15(11)6-9/h5-6H,4H2,1-3H3,(H,13,16). The molecule has 0 fully saturated rings. The van der Waals surface area contributed by atoms with E-state index in [1.165, 1.54) is 0 Å². The summed E-state index contributed by atoms with van der Waals surface area (Å²) in [7, 11) is 0. The van der Waals surface area contributed by atoms with Crippen molar-refractivity contribution in [2.45, 2.75) is 27.2 Å². The van der Waals surface area contributed by atoms with E-state index in [1.54, 1.807) is 10.7 Å². The summed E-state index contributed by atoms with van der Waals surface area (Å²) in [5, 5.41) is 7.03. The molecule has 84 valence electrons. The fourth-order valence-electron chi connectivity index (χ4n) is 1.57. The van der Waals surface area contributed by atoms with Gasteiger partial charge in [0, 0.05) is 6.42 Å². The van der Waals surface area contributed by atoms with E-state index >= 15 is 0 Å². The minimum atomic E-state index is -0.00409. The van der Waals surface area contributed by atoms with Crippen LogP contribution in [0.25, 0.3) is 5.65 Å². The van der Waals surface area contributed by atoms with Gasteiger partial charge in [-0.25, -0.2) is 9.50 Å². The molecule has 0 aliphatic heterocycles. The number of hydrogen-bond acceptors (Lipinski definition) is 3. The van der Waals surface area contributed by atoms with Gasteiger partial charge in [0.2, 0.25) is 5.91 Å². The summed E-state index contributed by atoms with van der Waals surface area (Å²) in [6.45, 7) is 5.61. The van der Waals surface area contributed by atoms with E-state index in [9.17, 15) is 4.79 Å². The van der Waals surface area contributed by atoms with Crippen LogP contribution >= 0.6 is 0 Å². The van der Waals surface area contributed by atoms with Gasteiger partial charge in [-0.2, -0.15) is 5.10 Å². The highest BCUT2D eigenvalue weighted by atomic mass is 16.1. The van der Waals surface area contributed by atoms with Gasteiger partial charge in [0.15, 0.2) is 5.65 Å². The summed E-state index contributed by atoms with van der Waals surface area (Å²) in [5.74, 6) is 0.720. The average molecular weight is 218 g/mol. The Morgan fingerprint density at radius 1 is 1.50 bits per heavy atom. The minimum Gasteiger partial charge on any atom is -0.325 e. The lowest BCUT2D eigenvalue weighted by atomic mass is 10.2. The number of hydrogen-bond donors (Lipinski definition) is 1. The molecule has 1 amide bonds. The number of aryl methyl sites for hydroxylation is 2. The van der Waals surface area contributed by atoms with Crippen LogP contribution in [0.5, 0.6) is 0 Å². The first kappa shape index (κ1) is 10.6. The van der Waals surface area contributed by atoms with Crippen LogP contribution in [-0.4, -0.2) is 20.5 Å². The first-order valence-corrected chi connectivity index (χ1v) is 5.23. The Labute approximate surface area is 93.5 Å². The van der Waals surface area contributed by atoms with Gasteiger partial charge in [-0.3, -0.25) is 4.79 Å². The summed E-state index contributed by atoms with van der Waals surface area (Å²) in [5.41, 5.74) is 2.57. The molecule has 0 atom stereocenters. The maximum atomic E-state index is 11.3. The number of carbonyl (C=O) groups excluding carboxylic acids is 1. The quantitative estimate of drug-likeness (QED) is 0.834. The number of anilines is 1. The molecule has 5 nitrogen and oxygen atoms in total. The summed E-state index contributed by atoms with van der Waals surface area (Å²) in [4.78, 5) is 15.6. The summed E-state index contributed by atoms with van der Waals surface area (Å²) >= 11 is 0. The molecule has 2 aromatic heterocycles. The highest BCUT2D eigenvalue weighted by Crippen LogP contribution is 2.15. The zero-order valence-electron chi connectivity index (χ0n) is 9.61. The van der Waals surface area contributed by atoms with Crippen LogP contribution in [0, 0.1) is 13.8 Å². The van der Waals surface area contributed by atoms with E-state index in [2.05, 4.69) is 15.4 Å². The molecule has 0 saturated heterocycles. The fourth-order valence-corrected chi connectivity index (χ4v) is 1.57. The lowest BCUT2D eigenvalue weighted by molar-refractivity contribution is -0.115. The molecule has 0 radical (unpaired) electrons. The van der Waals surface area contributed by atoms with Crippen molar-refractivity contribution in [3.63, 3.8) is 0 Å². The minimum absolute atomic E-state index is 0.00409. The van der Waals surface area contributed by atoms with Crippen LogP contribution in [-0.2, 0) is 4.79 Å². The van der Waals surface area contributed by atoms with Crippen molar-refractivity contribution in [1.82, 2.24) is 14.6 Å². The number of nitrogens with zero attached hydrogens (tertiary/aromatic N) is 3. The van der Waals surface area contributed by atoms with Crippen molar-refractivity contribution in [2.24, 2.45) is 0 Å².